The maximum atomic E-state index is 13.0. The van der Waals surface area contributed by atoms with Crippen LogP contribution in [0, 0.1) is 5.82 Å². The zero-order valence-corrected chi connectivity index (χ0v) is 9.63. The van der Waals surface area contributed by atoms with Gasteiger partial charge in [0, 0.05) is 11.8 Å². The number of halogens is 3. The number of hydrogen-bond donors (Lipinski definition) is 0. The largest absolute Gasteiger partial charge is 0.237 e. The molecular weight excluding hydrogens is 250 g/mol. The molecule has 1 aromatic carbocycles. The van der Waals surface area contributed by atoms with E-state index in [2.05, 4.69) is 9.97 Å². The Labute approximate surface area is 102 Å². The SMILES string of the molecule is Fc1ccc(-c2nccc(CCl)n2)cc1Cl. The summed E-state index contributed by atoms with van der Waals surface area (Å²) in [5, 5.41) is 0.0531. The summed E-state index contributed by atoms with van der Waals surface area (Å²) in [6.45, 7) is 0. The van der Waals surface area contributed by atoms with Gasteiger partial charge in [-0.3, -0.25) is 0 Å². The van der Waals surface area contributed by atoms with E-state index < -0.39 is 5.82 Å². The second-order valence-electron chi connectivity index (χ2n) is 3.13. The van der Waals surface area contributed by atoms with Gasteiger partial charge in [0.1, 0.15) is 5.82 Å². The molecule has 16 heavy (non-hydrogen) atoms. The van der Waals surface area contributed by atoms with E-state index in [-0.39, 0.29) is 5.02 Å². The Bertz CT molecular complexity index is 517. The summed E-state index contributed by atoms with van der Waals surface area (Å²) in [7, 11) is 0. The van der Waals surface area contributed by atoms with Gasteiger partial charge in [-0.1, -0.05) is 11.6 Å². The lowest BCUT2D eigenvalue weighted by Crippen LogP contribution is -1.93. The maximum Gasteiger partial charge on any atom is 0.159 e. The van der Waals surface area contributed by atoms with Crippen molar-refractivity contribution in [3.63, 3.8) is 0 Å². The fraction of sp³-hybridized carbons (Fsp3) is 0.0909. The predicted molar refractivity (Wildman–Crippen MR) is 62.0 cm³/mol. The molecule has 1 heterocycles. The summed E-state index contributed by atoms with van der Waals surface area (Å²) < 4.78 is 13.0. The second kappa shape index (κ2) is 4.76. The number of alkyl halides is 1. The molecule has 0 aliphatic rings. The molecule has 2 nitrogen and oxygen atoms in total. The Kier molecular flexibility index (Phi) is 3.36. The van der Waals surface area contributed by atoms with Gasteiger partial charge in [-0.05, 0) is 24.3 Å². The van der Waals surface area contributed by atoms with E-state index in [4.69, 9.17) is 23.2 Å². The molecule has 5 heteroatoms. The second-order valence-corrected chi connectivity index (χ2v) is 3.81. The Morgan fingerprint density at radius 1 is 1.25 bits per heavy atom. The van der Waals surface area contributed by atoms with Crippen LogP contribution in [0.3, 0.4) is 0 Å². The molecule has 0 saturated carbocycles. The van der Waals surface area contributed by atoms with Gasteiger partial charge in [-0.15, -0.1) is 11.6 Å². The van der Waals surface area contributed by atoms with Crippen LogP contribution in [0.2, 0.25) is 5.02 Å². The van der Waals surface area contributed by atoms with Crippen LogP contribution >= 0.6 is 23.2 Å². The Morgan fingerprint density at radius 3 is 2.75 bits per heavy atom. The van der Waals surface area contributed by atoms with Gasteiger partial charge in [-0.25, -0.2) is 14.4 Å². The Morgan fingerprint density at radius 2 is 2.06 bits per heavy atom. The summed E-state index contributed by atoms with van der Waals surface area (Å²) in [5.41, 5.74) is 1.38. The predicted octanol–water partition coefficient (Wildman–Crippen LogP) is 3.67. The minimum absolute atomic E-state index is 0.0531. The molecule has 0 unspecified atom stereocenters. The van der Waals surface area contributed by atoms with Crippen molar-refractivity contribution in [1.29, 1.82) is 0 Å². The number of rotatable bonds is 2. The smallest absolute Gasteiger partial charge is 0.159 e. The standard InChI is InChI=1S/C11H7Cl2FN2/c12-6-8-3-4-15-11(16-8)7-1-2-10(14)9(13)5-7/h1-5H,6H2. The van der Waals surface area contributed by atoms with Crippen molar-refractivity contribution in [2.75, 3.05) is 0 Å². The van der Waals surface area contributed by atoms with Gasteiger partial charge in [0.2, 0.25) is 0 Å². The molecule has 0 radical (unpaired) electrons. The van der Waals surface area contributed by atoms with Crippen LogP contribution in [-0.2, 0) is 5.88 Å². The first-order chi connectivity index (χ1) is 7.70. The lowest BCUT2D eigenvalue weighted by atomic mass is 10.2. The Balaban J connectivity index is 2.46. The lowest BCUT2D eigenvalue weighted by molar-refractivity contribution is 0.628. The van der Waals surface area contributed by atoms with Gasteiger partial charge in [0.25, 0.3) is 0 Å². The first-order valence-electron chi connectivity index (χ1n) is 4.54. The molecule has 0 atom stereocenters. The van der Waals surface area contributed by atoms with E-state index in [1.165, 1.54) is 12.1 Å². The van der Waals surface area contributed by atoms with Crippen molar-refractivity contribution < 1.29 is 4.39 Å². The van der Waals surface area contributed by atoms with Crippen LogP contribution in [0.25, 0.3) is 11.4 Å². The molecule has 0 fully saturated rings. The van der Waals surface area contributed by atoms with Crippen molar-refractivity contribution in [2.24, 2.45) is 0 Å². The molecule has 0 spiro atoms. The summed E-state index contributed by atoms with van der Waals surface area (Å²) in [5.74, 6) is 0.337. The van der Waals surface area contributed by atoms with Crippen LogP contribution in [0.15, 0.2) is 30.5 Å². The van der Waals surface area contributed by atoms with Crippen LogP contribution in [0.1, 0.15) is 5.69 Å². The van der Waals surface area contributed by atoms with E-state index >= 15 is 0 Å². The average Bonchev–Trinajstić information content (AvgIpc) is 2.33. The molecular formula is C11H7Cl2FN2. The Hall–Kier alpha value is -1.19. The van der Waals surface area contributed by atoms with Crippen molar-refractivity contribution in [1.82, 2.24) is 9.97 Å². The number of nitrogens with zero attached hydrogens (tertiary/aromatic N) is 2. The van der Waals surface area contributed by atoms with Crippen molar-refractivity contribution in [3.05, 3.63) is 47.0 Å². The highest BCUT2D eigenvalue weighted by atomic mass is 35.5. The number of hydrogen-bond acceptors (Lipinski definition) is 2. The van der Waals surface area contributed by atoms with Gasteiger partial charge in [0.05, 0.1) is 16.6 Å². The molecule has 0 saturated heterocycles. The van der Waals surface area contributed by atoms with Crippen LogP contribution in [0.4, 0.5) is 4.39 Å². The quantitative estimate of drug-likeness (QED) is 0.767. The summed E-state index contributed by atoms with van der Waals surface area (Å²) in [4.78, 5) is 8.29. The van der Waals surface area contributed by atoms with E-state index in [1.807, 2.05) is 0 Å². The van der Waals surface area contributed by atoms with E-state index in [0.717, 1.165) is 0 Å². The molecule has 0 amide bonds. The van der Waals surface area contributed by atoms with Crippen molar-refractivity contribution >= 4 is 23.2 Å². The van der Waals surface area contributed by atoms with E-state index in [1.54, 1.807) is 18.3 Å². The van der Waals surface area contributed by atoms with Crippen molar-refractivity contribution in [2.45, 2.75) is 5.88 Å². The first kappa shape index (κ1) is 11.3. The number of aromatic nitrogens is 2. The molecule has 2 rings (SSSR count). The molecule has 1 aromatic heterocycles. The van der Waals surface area contributed by atoms with Gasteiger partial charge in [-0.2, -0.15) is 0 Å². The van der Waals surface area contributed by atoms with Gasteiger partial charge >= 0.3 is 0 Å². The third-order valence-corrected chi connectivity index (χ3v) is 2.59. The van der Waals surface area contributed by atoms with Crippen LogP contribution in [-0.4, -0.2) is 9.97 Å². The zero-order valence-electron chi connectivity index (χ0n) is 8.12. The molecule has 0 N–H and O–H groups in total. The molecule has 0 bridgehead atoms. The fourth-order valence-corrected chi connectivity index (χ4v) is 1.57. The highest BCUT2D eigenvalue weighted by molar-refractivity contribution is 6.31. The maximum absolute atomic E-state index is 13.0. The molecule has 0 aliphatic heterocycles. The third kappa shape index (κ3) is 2.31. The summed E-state index contributed by atoms with van der Waals surface area (Å²) in [6, 6.07) is 6.08. The fourth-order valence-electron chi connectivity index (χ4n) is 1.24. The van der Waals surface area contributed by atoms with Crippen LogP contribution in [0.5, 0.6) is 0 Å². The van der Waals surface area contributed by atoms with Gasteiger partial charge in [0.15, 0.2) is 5.82 Å². The molecule has 2 aromatic rings. The van der Waals surface area contributed by atoms with E-state index in [9.17, 15) is 4.39 Å². The topological polar surface area (TPSA) is 25.8 Å². The molecule has 0 aliphatic carbocycles. The third-order valence-electron chi connectivity index (χ3n) is 2.03. The van der Waals surface area contributed by atoms with Gasteiger partial charge < -0.3 is 0 Å². The highest BCUT2D eigenvalue weighted by Gasteiger charge is 2.05. The minimum atomic E-state index is -0.459. The zero-order chi connectivity index (χ0) is 11.5. The number of benzene rings is 1. The normalized spacial score (nSPS) is 10.4. The minimum Gasteiger partial charge on any atom is -0.237 e. The molecule has 82 valence electrons. The highest BCUT2D eigenvalue weighted by Crippen LogP contribution is 2.22. The van der Waals surface area contributed by atoms with E-state index in [0.29, 0.717) is 23.0 Å². The average molecular weight is 257 g/mol. The summed E-state index contributed by atoms with van der Waals surface area (Å²) in [6.07, 6.45) is 1.61. The monoisotopic (exact) mass is 256 g/mol. The summed E-state index contributed by atoms with van der Waals surface area (Å²) >= 11 is 11.3. The lowest BCUT2D eigenvalue weighted by Gasteiger charge is -2.02. The van der Waals surface area contributed by atoms with Crippen molar-refractivity contribution in [3.8, 4) is 11.4 Å². The van der Waals surface area contributed by atoms with Crippen LogP contribution < -0.4 is 0 Å². The first-order valence-corrected chi connectivity index (χ1v) is 5.45.